The molecule has 2 nitrogen and oxygen atoms in total. The van der Waals surface area contributed by atoms with Crippen molar-refractivity contribution in [2.75, 3.05) is 0 Å². The predicted octanol–water partition coefficient (Wildman–Crippen LogP) is 8.28. The van der Waals surface area contributed by atoms with Crippen molar-refractivity contribution < 1.29 is 4.74 Å². The van der Waals surface area contributed by atoms with Crippen LogP contribution >= 0.6 is 0 Å². The Balaban J connectivity index is 1.44. The lowest BCUT2D eigenvalue weighted by molar-refractivity contribution is 0.488. The fourth-order valence-electron chi connectivity index (χ4n) is 5.18. The molecule has 0 atom stereocenters. The van der Waals surface area contributed by atoms with Gasteiger partial charge in [-0.15, -0.1) is 0 Å². The van der Waals surface area contributed by atoms with E-state index >= 15 is 0 Å². The Morgan fingerprint density at radius 3 is 1.70 bits per heavy atom. The highest BCUT2D eigenvalue weighted by Crippen LogP contribution is 2.46. The maximum Gasteiger partial charge on any atom is 0.135 e. The SMILES string of the molecule is c1ccc2c(c1)Oc1ccccc1-c1cc(Cn3c4ccccc4c4ccccc43)ccc1-2. The molecule has 2 heterocycles. The normalized spacial score (nSPS) is 12.0. The zero-order valence-electron chi connectivity index (χ0n) is 18.0. The van der Waals surface area contributed by atoms with E-state index in [4.69, 9.17) is 4.74 Å². The summed E-state index contributed by atoms with van der Waals surface area (Å²) in [5.41, 5.74) is 8.50. The van der Waals surface area contributed by atoms with Gasteiger partial charge in [-0.05, 0) is 47.0 Å². The highest BCUT2D eigenvalue weighted by atomic mass is 16.5. The van der Waals surface area contributed by atoms with Gasteiger partial charge in [0, 0.05) is 39.5 Å². The van der Waals surface area contributed by atoms with Crippen LogP contribution in [0.4, 0.5) is 0 Å². The number of hydrogen-bond donors (Lipinski definition) is 0. The molecule has 0 spiro atoms. The zero-order chi connectivity index (χ0) is 21.8. The first-order valence-corrected chi connectivity index (χ1v) is 11.3. The second-order valence-electron chi connectivity index (χ2n) is 8.59. The molecule has 0 radical (unpaired) electrons. The number of nitrogens with zero attached hydrogens (tertiary/aromatic N) is 1. The number of fused-ring (bicyclic) bond motifs is 8. The molecule has 1 aliphatic heterocycles. The average molecular weight is 424 g/mol. The number of benzene rings is 5. The van der Waals surface area contributed by atoms with Crippen LogP contribution in [0.2, 0.25) is 0 Å². The van der Waals surface area contributed by atoms with Gasteiger partial charge in [-0.1, -0.05) is 84.9 Å². The fraction of sp³-hybridized carbons (Fsp3) is 0.0323. The first-order valence-electron chi connectivity index (χ1n) is 11.3. The zero-order valence-corrected chi connectivity index (χ0v) is 18.0. The first-order chi connectivity index (χ1) is 16.4. The third-order valence-electron chi connectivity index (χ3n) is 6.68. The lowest BCUT2D eigenvalue weighted by Crippen LogP contribution is -2.00. The number of ether oxygens (including phenoxy) is 1. The standard InChI is InChI=1S/C31H21NO/c1-5-13-28-23(9-1)24-10-2-6-14-29(24)32(28)20-21-17-18-22-25-11-3-7-15-30(25)33-31-16-8-4-12-26(31)27(22)19-21/h1-19H,20H2. The van der Waals surface area contributed by atoms with Gasteiger partial charge in [-0.25, -0.2) is 0 Å². The molecule has 0 unspecified atom stereocenters. The minimum Gasteiger partial charge on any atom is -0.456 e. The maximum atomic E-state index is 6.34. The van der Waals surface area contributed by atoms with Crippen LogP contribution in [0.15, 0.2) is 115 Å². The van der Waals surface area contributed by atoms with E-state index in [9.17, 15) is 0 Å². The minimum atomic E-state index is 0.811. The van der Waals surface area contributed by atoms with E-state index in [1.165, 1.54) is 38.5 Å². The van der Waals surface area contributed by atoms with E-state index in [1.807, 2.05) is 18.2 Å². The van der Waals surface area contributed by atoms with E-state index in [0.717, 1.165) is 29.2 Å². The lowest BCUT2D eigenvalue weighted by Gasteiger charge is -2.13. The van der Waals surface area contributed by atoms with Crippen LogP contribution in [0.5, 0.6) is 11.5 Å². The lowest BCUT2D eigenvalue weighted by atomic mass is 9.93. The molecule has 0 saturated carbocycles. The van der Waals surface area contributed by atoms with Gasteiger partial charge in [-0.3, -0.25) is 0 Å². The molecule has 2 heteroatoms. The third kappa shape index (κ3) is 2.81. The molecule has 0 fully saturated rings. The Labute approximate surface area is 192 Å². The largest absolute Gasteiger partial charge is 0.456 e. The summed E-state index contributed by atoms with van der Waals surface area (Å²) in [4.78, 5) is 0. The van der Waals surface area contributed by atoms with Crippen molar-refractivity contribution in [3.8, 4) is 33.8 Å². The molecule has 0 amide bonds. The van der Waals surface area contributed by atoms with Crippen LogP contribution in [0.25, 0.3) is 44.1 Å². The predicted molar refractivity (Wildman–Crippen MR) is 136 cm³/mol. The first kappa shape index (κ1) is 18.3. The van der Waals surface area contributed by atoms with Crippen molar-refractivity contribution in [2.45, 2.75) is 6.54 Å². The van der Waals surface area contributed by atoms with E-state index in [0.29, 0.717) is 0 Å². The molecule has 1 aliphatic rings. The Morgan fingerprint density at radius 1 is 0.485 bits per heavy atom. The smallest absolute Gasteiger partial charge is 0.135 e. The van der Waals surface area contributed by atoms with Gasteiger partial charge in [0.15, 0.2) is 0 Å². The molecule has 1 aromatic heterocycles. The van der Waals surface area contributed by atoms with Gasteiger partial charge in [0.25, 0.3) is 0 Å². The van der Waals surface area contributed by atoms with Gasteiger partial charge in [-0.2, -0.15) is 0 Å². The molecule has 156 valence electrons. The molecule has 0 saturated heterocycles. The average Bonchev–Trinajstić information content (AvgIpc) is 3.10. The molecule has 0 bridgehead atoms. The van der Waals surface area contributed by atoms with Crippen LogP contribution in [0.3, 0.4) is 0 Å². The Hall–Kier alpha value is -4.30. The minimum absolute atomic E-state index is 0.811. The number of rotatable bonds is 2. The summed E-state index contributed by atoms with van der Waals surface area (Å²) >= 11 is 0. The molecule has 6 aromatic rings. The topological polar surface area (TPSA) is 14.2 Å². The Morgan fingerprint density at radius 2 is 1.03 bits per heavy atom. The van der Waals surface area contributed by atoms with Crippen molar-refractivity contribution in [2.24, 2.45) is 0 Å². The highest BCUT2D eigenvalue weighted by Gasteiger charge is 2.20. The molecular formula is C31H21NO. The summed E-state index contributed by atoms with van der Waals surface area (Å²) in [6, 6.07) is 40.9. The summed E-state index contributed by atoms with van der Waals surface area (Å²) in [5.74, 6) is 1.80. The van der Waals surface area contributed by atoms with Crippen molar-refractivity contribution in [3.63, 3.8) is 0 Å². The molecule has 0 N–H and O–H groups in total. The van der Waals surface area contributed by atoms with Crippen molar-refractivity contribution >= 4 is 21.8 Å². The summed E-state index contributed by atoms with van der Waals surface area (Å²) in [6.45, 7) is 0.811. The fourth-order valence-corrected chi connectivity index (χ4v) is 5.18. The Kier molecular flexibility index (Phi) is 3.94. The van der Waals surface area contributed by atoms with E-state index in [1.54, 1.807) is 0 Å². The molecule has 5 aromatic carbocycles. The molecule has 7 rings (SSSR count). The maximum absolute atomic E-state index is 6.34. The van der Waals surface area contributed by atoms with Crippen LogP contribution in [-0.4, -0.2) is 4.57 Å². The van der Waals surface area contributed by atoms with Gasteiger partial charge < -0.3 is 9.30 Å². The highest BCUT2D eigenvalue weighted by molar-refractivity contribution is 6.08. The van der Waals surface area contributed by atoms with Crippen LogP contribution in [-0.2, 0) is 6.54 Å². The third-order valence-corrected chi connectivity index (χ3v) is 6.68. The van der Waals surface area contributed by atoms with Crippen molar-refractivity contribution in [3.05, 3.63) is 121 Å². The van der Waals surface area contributed by atoms with Crippen molar-refractivity contribution in [1.82, 2.24) is 4.57 Å². The summed E-state index contributed by atoms with van der Waals surface area (Å²) in [7, 11) is 0. The molecule has 33 heavy (non-hydrogen) atoms. The quantitative estimate of drug-likeness (QED) is 0.273. The summed E-state index contributed by atoms with van der Waals surface area (Å²) in [5, 5.41) is 2.60. The summed E-state index contributed by atoms with van der Waals surface area (Å²) in [6.07, 6.45) is 0. The van der Waals surface area contributed by atoms with Gasteiger partial charge in [0.2, 0.25) is 0 Å². The van der Waals surface area contributed by atoms with E-state index < -0.39 is 0 Å². The number of para-hydroxylation sites is 4. The van der Waals surface area contributed by atoms with Crippen LogP contribution in [0.1, 0.15) is 5.56 Å². The van der Waals surface area contributed by atoms with E-state index in [2.05, 4.69) is 102 Å². The van der Waals surface area contributed by atoms with Gasteiger partial charge >= 0.3 is 0 Å². The van der Waals surface area contributed by atoms with Crippen LogP contribution < -0.4 is 4.74 Å². The summed E-state index contributed by atoms with van der Waals surface area (Å²) < 4.78 is 8.77. The second kappa shape index (κ2) is 7.11. The second-order valence-corrected chi connectivity index (χ2v) is 8.59. The van der Waals surface area contributed by atoms with Gasteiger partial charge in [0.05, 0.1) is 0 Å². The molecular weight excluding hydrogens is 402 g/mol. The van der Waals surface area contributed by atoms with Crippen molar-refractivity contribution in [1.29, 1.82) is 0 Å². The number of aromatic nitrogens is 1. The van der Waals surface area contributed by atoms with Crippen LogP contribution in [0, 0.1) is 0 Å². The Bertz CT molecular complexity index is 1620. The number of hydrogen-bond acceptors (Lipinski definition) is 1. The molecule has 0 aliphatic carbocycles. The monoisotopic (exact) mass is 423 g/mol. The van der Waals surface area contributed by atoms with Gasteiger partial charge in [0.1, 0.15) is 11.5 Å². The van der Waals surface area contributed by atoms with E-state index in [-0.39, 0.29) is 0 Å².